The Bertz CT molecular complexity index is 710. The van der Waals surface area contributed by atoms with E-state index in [0.29, 0.717) is 17.3 Å². The number of carbonyl (C=O) groups is 1. The third kappa shape index (κ3) is 1.65. The number of imidazole rings is 1. The normalized spacial score (nSPS) is 20.1. The van der Waals surface area contributed by atoms with Crippen LogP contribution >= 0.6 is 0 Å². The molecule has 20 heavy (non-hydrogen) atoms. The summed E-state index contributed by atoms with van der Waals surface area (Å²) in [6, 6.07) is 0. The van der Waals surface area contributed by atoms with E-state index >= 15 is 0 Å². The molecule has 104 valence electrons. The van der Waals surface area contributed by atoms with Crippen molar-refractivity contribution in [1.29, 1.82) is 0 Å². The fraction of sp³-hybridized carbons (Fsp3) is 0.533. The van der Waals surface area contributed by atoms with Gasteiger partial charge in [0.25, 0.3) is 5.91 Å². The quantitative estimate of drug-likeness (QED) is 0.928. The maximum absolute atomic E-state index is 12.5. The van der Waals surface area contributed by atoms with Crippen molar-refractivity contribution in [1.82, 2.24) is 19.7 Å². The van der Waals surface area contributed by atoms with Crippen molar-refractivity contribution in [2.24, 2.45) is 5.92 Å². The Balaban J connectivity index is 1.71. The molecule has 0 unspecified atom stereocenters. The molecule has 0 aliphatic heterocycles. The zero-order valence-corrected chi connectivity index (χ0v) is 11.8. The lowest BCUT2D eigenvalue weighted by Gasteiger charge is -2.16. The number of rotatable bonds is 3. The van der Waals surface area contributed by atoms with E-state index in [0.717, 1.165) is 24.2 Å². The summed E-state index contributed by atoms with van der Waals surface area (Å²) in [7, 11) is 0. The van der Waals surface area contributed by atoms with E-state index in [1.807, 2.05) is 18.2 Å². The summed E-state index contributed by atoms with van der Waals surface area (Å²) in [6.45, 7) is 3.96. The Kier molecular flexibility index (Phi) is 2.26. The van der Waals surface area contributed by atoms with Gasteiger partial charge in [0.15, 0.2) is 11.3 Å². The van der Waals surface area contributed by atoms with Gasteiger partial charge in [-0.25, -0.2) is 9.97 Å². The Morgan fingerprint density at radius 2 is 1.90 bits per heavy atom. The van der Waals surface area contributed by atoms with Gasteiger partial charge in [-0.2, -0.15) is 0 Å². The summed E-state index contributed by atoms with van der Waals surface area (Å²) >= 11 is 0. The van der Waals surface area contributed by atoms with Gasteiger partial charge in [-0.1, -0.05) is 0 Å². The van der Waals surface area contributed by atoms with Crippen LogP contribution in [0.25, 0.3) is 5.65 Å². The predicted octanol–water partition coefficient (Wildman–Crippen LogP) is 2.02. The van der Waals surface area contributed by atoms with E-state index in [9.17, 15) is 4.79 Å². The number of nitrogens with one attached hydrogen (secondary N) is 1. The van der Waals surface area contributed by atoms with Crippen molar-refractivity contribution < 1.29 is 4.79 Å². The number of amides is 1. The van der Waals surface area contributed by atoms with Gasteiger partial charge < -0.3 is 5.32 Å². The van der Waals surface area contributed by atoms with E-state index in [1.165, 1.54) is 12.8 Å². The van der Waals surface area contributed by atoms with E-state index in [1.54, 1.807) is 12.4 Å². The number of fused-ring (bicyclic) bond motifs is 1. The molecule has 1 amide bonds. The summed E-state index contributed by atoms with van der Waals surface area (Å²) in [5.41, 5.74) is 3.19. The lowest BCUT2D eigenvalue weighted by Crippen LogP contribution is -2.39. The van der Waals surface area contributed by atoms with Crippen molar-refractivity contribution in [3.8, 4) is 0 Å². The third-order valence-electron chi connectivity index (χ3n) is 4.61. The van der Waals surface area contributed by atoms with Crippen LogP contribution in [-0.4, -0.2) is 25.8 Å². The summed E-state index contributed by atoms with van der Waals surface area (Å²) in [6.07, 6.45) is 8.25. The number of aromatic nitrogens is 3. The topological polar surface area (TPSA) is 59.3 Å². The van der Waals surface area contributed by atoms with Gasteiger partial charge in [-0.15, -0.1) is 0 Å². The fourth-order valence-electron chi connectivity index (χ4n) is 3.17. The van der Waals surface area contributed by atoms with Crippen molar-refractivity contribution in [3.63, 3.8) is 0 Å². The minimum Gasteiger partial charge on any atom is -0.345 e. The monoisotopic (exact) mass is 270 g/mol. The molecule has 2 aromatic heterocycles. The van der Waals surface area contributed by atoms with Crippen LogP contribution in [0.5, 0.6) is 0 Å². The molecule has 0 radical (unpaired) electrons. The summed E-state index contributed by atoms with van der Waals surface area (Å²) in [5.74, 6) is 0.611. The van der Waals surface area contributed by atoms with E-state index < -0.39 is 0 Å². The molecule has 5 heteroatoms. The molecule has 0 spiro atoms. The second kappa shape index (κ2) is 3.81. The lowest BCUT2D eigenvalue weighted by atomic mass is 10.1. The zero-order chi connectivity index (χ0) is 13.9. The van der Waals surface area contributed by atoms with Crippen LogP contribution in [0.4, 0.5) is 0 Å². The Morgan fingerprint density at radius 1 is 1.25 bits per heavy atom. The Labute approximate surface area is 117 Å². The first kappa shape index (κ1) is 11.9. The highest BCUT2D eigenvalue weighted by Gasteiger charge is 2.55. The molecule has 2 aromatic rings. The molecule has 2 aliphatic carbocycles. The highest BCUT2D eigenvalue weighted by molar-refractivity contribution is 5.98. The smallest absolute Gasteiger partial charge is 0.274 e. The largest absolute Gasteiger partial charge is 0.345 e. The SMILES string of the molecule is Cc1cnc(C(=O)NC2(C3CC3)CC2)c2ncc(C)n12. The molecule has 2 aliphatic rings. The van der Waals surface area contributed by atoms with Crippen LogP contribution in [0.15, 0.2) is 12.4 Å². The fourth-order valence-corrected chi connectivity index (χ4v) is 3.17. The average molecular weight is 270 g/mol. The van der Waals surface area contributed by atoms with Gasteiger partial charge in [0.2, 0.25) is 0 Å². The molecule has 0 saturated heterocycles. The first-order chi connectivity index (χ1) is 9.61. The molecular weight excluding hydrogens is 252 g/mol. The van der Waals surface area contributed by atoms with E-state index in [4.69, 9.17) is 0 Å². The second-order valence-electron chi connectivity index (χ2n) is 6.19. The molecule has 0 aromatic carbocycles. The van der Waals surface area contributed by atoms with Crippen molar-refractivity contribution in [2.45, 2.75) is 45.1 Å². The summed E-state index contributed by atoms with van der Waals surface area (Å²) < 4.78 is 1.98. The van der Waals surface area contributed by atoms with Crippen molar-refractivity contribution in [3.05, 3.63) is 29.5 Å². The van der Waals surface area contributed by atoms with Crippen LogP contribution in [0.3, 0.4) is 0 Å². The standard InChI is InChI=1S/C15H18N4O/c1-9-7-16-12(13-17-8-10(2)19(9)13)14(20)18-15(5-6-15)11-3-4-11/h7-8,11H,3-6H2,1-2H3,(H,18,20). The summed E-state index contributed by atoms with van der Waals surface area (Å²) in [5, 5.41) is 3.21. The molecule has 2 saturated carbocycles. The van der Waals surface area contributed by atoms with Crippen LogP contribution in [0, 0.1) is 19.8 Å². The van der Waals surface area contributed by atoms with Crippen molar-refractivity contribution >= 4 is 11.6 Å². The van der Waals surface area contributed by atoms with Crippen LogP contribution in [0.1, 0.15) is 47.6 Å². The maximum atomic E-state index is 12.5. The number of hydrogen-bond acceptors (Lipinski definition) is 3. The summed E-state index contributed by atoms with van der Waals surface area (Å²) in [4.78, 5) is 21.2. The first-order valence-corrected chi connectivity index (χ1v) is 7.23. The van der Waals surface area contributed by atoms with Gasteiger partial charge in [-0.3, -0.25) is 9.20 Å². The second-order valence-corrected chi connectivity index (χ2v) is 6.19. The minimum absolute atomic E-state index is 0.0717. The highest BCUT2D eigenvalue weighted by atomic mass is 16.2. The molecule has 0 bridgehead atoms. The van der Waals surface area contributed by atoms with Gasteiger partial charge >= 0.3 is 0 Å². The van der Waals surface area contributed by atoms with Gasteiger partial charge in [0.1, 0.15) is 0 Å². The van der Waals surface area contributed by atoms with Crippen LogP contribution in [-0.2, 0) is 0 Å². The number of aryl methyl sites for hydroxylation is 2. The van der Waals surface area contributed by atoms with Gasteiger partial charge in [0, 0.05) is 29.3 Å². The minimum atomic E-state index is -0.0787. The predicted molar refractivity (Wildman–Crippen MR) is 74.6 cm³/mol. The molecule has 2 heterocycles. The van der Waals surface area contributed by atoms with E-state index in [2.05, 4.69) is 15.3 Å². The van der Waals surface area contributed by atoms with Crippen molar-refractivity contribution in [2.75, 3.05) is 0 Å². The number of hydrogen-bond donors (Lipinski definition) is 1. The van der Waals surface area contributed by atoms with E-state index in [-0.39, 0.29) is 11.4 Å². The molecule has 1 N–H and O–H groups in total. The molecular formula is C15H18N4O. The lowest BCUT2D eigenvalue weighted by molar-refractivity contribution is 0.0922. The molecule has 4 rings (SSSR count). The van der Waals surface area contributed by atoms with Gasteiger partial charge in [-0.05, 0) is 45.4 Å². The number of nitrogens with zero attached hydrogens (tertiary/aromatic N) is 3. The van der Waals surface area contributed by atoms with Crippen LogP contribution in [0.2, 0.25) is 0 Å². The van der Waals surface area contributed by atoms with Crippen LogP contribution < -0.4 is 5.32 Å². The van der Waals surface area contributed by atoms with Gasteiger partial charge in [0.05, 0.1) is 0 Å². The average Bonchev–Trinajstić information content (AvgIpc) is 3.30. The molecule has 2 fully saturated rings. The Morgan fingerprint density at radius 3 is 2.50 bits per heavy atom. The molecule has 5 nitrogen and oxygen atoms in total. The first-order valence-electron chi connectivity index (χ1n) is 7.23. The third-order valence-corrected chi connectivity index (χ3v) is 4.61. The maximum Gasteiger partial charge on any atom is 0.274 e. The Hall–Kier alpha value is -1.91. The number of carbonyl (C=O) groups excluding carboxylic acids is 1. The zero-order valence-electron chi connectivity index (χ0n) is 11.8. The molecule has 0 atom stereocenters. The highest BCUT2D eigenvalue weighted by Crippen LogP contribution is 2.53.